The minimum absolute atomic E-state index is 0.0268. The van der Waals surface area contributed by atoms with Crippen molar-refractivity contribution in [2.45, 2.75) is 37.8 Å². The monoisotopic (exact) mass is 278 g/mol. The van der Waals surface area contributed by atoms with Gasteiger partial charge in [-0.15, -0.1) is 0 Å². The van der Waals surface area contributed by atoms with E-state index in [1.165, 1.54) is 6.07 Å². The highest BCUT2D eigenvalue weighted by Gasteiger charge is 2.24. The second-order valence-corrected chi connectivity index (χ2v) is 5.41. The molecule has 6 heteroatoms. The van der Waals surface area contributed by atoms with Crippen molar-refractivity contribution in [1.29, 1.82) is 0 Å². The molecule has 0 atom stereocenters. The van der Waals surface area contributed by atoms with E-state index in [0.29, 0.717) is 12.1 Å². The van der Waals surface area contributed by atoms with Crippen molar-refractivity contribution < 1.29 is 4.92 Å². The standard InChI is InChI=1S/C14H22N4O2/c1-16-10-3-5-11(6-4-10)17(2)12-7-8-14(18(19)20)13(15)9-12/h7-11,16H,3-6,15H2,1-2H3. The summed E-state index contributed by atoms with van der Waals surface area (Å²) in [6.45, 7) is 0. The van der Waals surface area contributed by atoms with Crippen LogP contribution >= 0.6 is 0 Å². The van der Waals surface area contributed by atoms with Crippen LogP contribution in [0.5, 0.6) is 0 Å². The maximum absolute atomic E-state index is 10.8. The maximum atomic E-state index is 10.8. The normalized spacial score (nSPS) is 22.5. The fraction of sp³-hybridized carbons (Fsp3) is 0.571. The Morgan fingerprint density at radius 3 is 2.50 bits per heavy atom. The van der Waals surface area contributed by atoms with E-state index in [1.54, 1.807) is 12.1 Å². The van der Waals surface area contributed by atoms with E-state index < -0.39 is 4.92 Å². The zero-order valence-electron chi connectivity index (χ0n) is 12.0. The highest BCUT2D eigenvalue weighted by Crippen LogP contribution is 2.30. The molecule has 2 rings (SSSR count). The second kappa shape index (κ2) is 6.09. The Kier molecular flexibility index (Phi) is 4.44. The minimum Gasteiger partial charge on any atom is -0.393 e. The Morgan fingerprint density at radius 2 is 2.00 bits per heavy atom. The molecule has 1 aliphatic rings. The van der Waals surface area contributed by atoms with Crippen LogP contribution in [0, 0.1) is 10.1 Å². The summed E-state index contributed by atoms with van der Waals surface area (Å²) in [6.07, 6.45) is 4.57. The van der Waals surface area contributed by atoms with Gasteiger partial charge < -0.3 is 16.0 Å². The van der Waals surface area contributed by atoms with Crippen LogP contribution in [0.15, 0.2) is 18.2 Å². The van der Waals surface area contributed by atoms with Crippen LogP contribution in [0.1, 0.15) is 25.7 Å². The molecule has 1 aromatic rings. The third-order valence-corrected chi connectivity index (χ3v) is 4.27. The van der Waals surface area contributed by atoms with E-state index in [0.717, 1.165) is 31.4 Å². The summed E-state index contributed by atoms with van der Waals surface area (Å²) in [7, 11) is 4.04. The molecule has 0 unspecified atom stereocenters. The first-order chi connectivity index (χ1) is 9.52. The Balaban J connectivity index is 2.08. The van der Waals surface area contributed by atoms with Crippen LogP contribution < -0.4 is 16.0 Å². The van der Waals surface area contributed by atoms with Gasteiger partial charge in [0.05, 0.1) is 4.92 Å². The summed E-state index contributed by atoms with van der Waals surface area (Å²) in [5.74, 6) is 0. The van der Waals surface area contributed by atoms with Gasteiger partial charge in [-0.2, -0.15) is 0 Å². The molecule has 3 N–H and O–H groups in total. The molecule has 110 valence electrons. The quantitative estimate of drug-likeness (QED) is 0.501. The van der Waals surface area contributed by atoms with Crippen LogP contribution in [-0.2, 0) is 0 Å². The van der Waals surface area contributed by atoms with Gasteiger partial charge in [-0.25, -0.2) is 0 Å². The Morgan fingerprint density at radius 1 is 1.35 bits per heavy atom. The zero-order chi connectivity index (χ0) is 14.7. The fourth-order valence-corrected chi connectivity index (χ4v) is 2.89. The van der Waals surface area contributed by atoms with Crippen molar-refractivity contribution in [3.8, 4) is 0 Å². The molecule has 0 aliphatic heterocycles. The third-order valence-electron chi connectivity index (χ3n) is 4.27. The van der Waals surface area contributed by atoms with Gasteiger partial charge in [0.1, 0.15) is 5.69 Å². The van der Waals surface area contributed by atoms with Gasteiger partial charge in [-0.05, 0) is 44.9 Å². The molecule has 1 aromatic carbocycles. The van der Waals surface area contributed by atoms with Crippen LogP contribution in [0.25, 0.3) is 0 Å². The molecule has 0 spiro atoms. The second-order valence-electron chi connectivity index (χ2n) is 5.41. The average molecular weight is 278 g/mol. The molecule has 0 aromatic heterocycles. The molecule has 1 fully saturated rings. The molecule has 0 bridgehead atoms. The Labute approximate surface area is 119 Å². The molecular formula is C14H22N4O2. The summed E-state index contributed by atoms with van der Waals surface area (Å²) in [6, 6.07) is 6.04. The number of benzene rings is 1. The third kappa shape index (κ3) is 3.01. The SMILES string of the molecule is CNC1CCC(N(C)c2ccc([N+](=O)[O-])c(N)c2)CC1. The van der Waals surface area contributed by atoms with Gasteiger partial charge in [-0.1, -0.05) is 0 Å². The first-order valence-corrected chi connectivity index (χ1v) is 6.97. The highest BCUT2D eigenvalue weighted by molar-refractivity contribution is 5.66. The average Bonchev–Trinajstić information content (AvgIpc) is 2.46. The van der Waals surface area contributed by atoms with Gasteiger partial charge in [0.15, 0.2) is 0 Å². The number of nitrogen functional groups attached to an aromatic ring is 1. The predicted octanol–water partition coefficient (Wildman–Crippen LogP) is 2.14. The van der Waals surface area contributed by atoms with Crippen molar-refractivity contribution >= 4 is 17.1 Å². The van der Waals surface area contributed by atoms with E-state index in [-0.39, 0.29) is 11.4 Å². The van der Waals surface area contributed by atoms with Crippen LogP contribution in [-0.4, -0.2) is 31.1 Å². The topological polar surface area (TPSA) is 84.4 Å². The lowest BCUT2D eigenvalue weighted by Crippen LogP contribution is -2.39. The predicted molar refractivity (Wildman–Crippen MR) is 81.0 cm³/mol. The van der Waals surface area contributed by atoms with E-state index >= 15 is 0 Å². The summed E-state index contributed by atoms with van der Waals surface area (Å²) < 4.78 is 0. The largest absolute Gasteiger partial charge is 0.393 e. The first kappa shape index (κ1) is 14.6. The van der Waals surface area contributed by atoms with E-state index in [9.17, 15) is 10.1 Å². The molecule has 6 nitrogen and oxygen atoms in total. The fourth-order valence-electron chi connectivity index (χ4n) is 2.89. The molecule has 1 aliphatic carbocycles. The van der Waals surface area contributed by atoms with Gasteiger partial charge in [-0.3, -0.25) is 10.1 Å². The van der Waals surface area contributed by atoms with Gasteiger partial charge in [0, 0.05) is 30.9 Å². The number of nitro groups is 1. The van der Waals surface area contributed by atoms with Crippen LogP contribution in [0.2, 0.25) is 0 Å². The van der Waals surface area contributed by atoms with Crippen molar-refractivity contribution in [1.82, 2.24) is 5.32 Å². The lowest BCUT2D eigenvalue weighted by Gasteiger charge is -2.36. The lowest BCUT2D eigenvalue weighted by molar-refractivity contribution is -0.383. The zero-order valence-corrected chi connectivity index (χ0v) is 12.0. The molecule has 0 heterocycles. The van der Waals surface area contributed by atoms with Crippen molar-refractivity contribution in [2.75, 3.05) is 24.7 Å². The van der Waals surface area contributed by atoms with E-state index in [1.807, 2.05) is 14.1 Å². The first-order valence-electron chi connectivity index (χ1n) is 6.97. The van der Waals surface area contributed by atoms with Gasteiger partial charge >= 0.3 is 0 Å². The summed E-state index contributed by atoms with van der Waals surface area (Å²) in [5.41, 5.74) is 6.90. The molecule has 0 saturated heterocycles. The van der Waals surface area contributed by atoms with Crippen molar-refractivity contribution in [3.05, 3.63) is 28.3 Å². The minimum atomic E-state index is -0.447. The molecule has 0 amide bonds. The molecule has 20 heavy (non-hydrogen) atoms. The number of nitrogens with zero attached hydrogens (tertiary/aromatic N) is 2. The van der Waals surface area contributed by atoms with E-state index in [4.69, 9.17) is 5.73 Å². The molecular weight excluding hydrogens is 256 g/mol. The van der Waals surface area contributed by atoms with Crippen LogP contribution in [0.4, 0.5) is 17.1 Å². The summed E-state index contributed by atoms with van der Waals surface area (Å²) in [5, 5.41) is 14.1. The number of hydrogen-bond donors (Lipinski definition) is 2. The van der Waals surface area contributed by atoms with Crippen molar-refractivity contribution in [2.24, 2.45) is 0 Å². The molecule has 0 radical (unpaired) electrons. The Hall–Kier alpha value is -1.82. The highest BCUT2D eigenvalue weighted by atomic mass is 16.6. The lowest BCUT2D eigenvalue weighted by atomic mass is 9.90. The summed E-state index contributed by atoms with van der Waals surface area (Å²) in [4.78, 5) is 12.5. The number of nitro benzene ring substituents is 1. The van der Waals surface area contributed by atoms with Crippen molar-refractivity contribution in [3.63, 3.8) is 0 Å². The number of nitrogens with two attached hydrogens (primary N) is 1. The molecule has 1 saturated carbocycles. The number of anilines is 2. The maximum Gasteiger partial charge on any atom is 0.292 e. The van der Waals surface area contributed by atoms with Gasteiger partial charge in [0.25, 0.3) is 5.69 Å². The Bertz CT molecular complexity index is 484. The summed E-state index contributed by atoms with van der Waals surface area (Å²) >= 11 is 0. The van der Waals surface area contributed by atoms with E-state index in [2.05, 4.69) is 10.2 Å². The smallest absolute Gasteiger partial charge is 0.292 e. The number of hydrogen-bond acceptors (Lipinski definition) is 5. The van der Waals surface area contributed by atoms with Gasteiger partial charge in [0.2, 0.25) is 0 Å². The van der Waals surface area contributed by atoms with Crippen LogP contribution in [0.3, 0.4) is 0 Å². The number of nitrogens with one attached hydrogen (secondary N) is 1. The number of rotatable bonds is 4.